The van der Waals surface area contributed by atoms with E-state index in [-0.39, 0.29) is 11.3 Å². The molecule has 1 amide bonds. The van der Waals surface area contributed by atoms with Gasteiger partial charge in [-0.2, -0.15) is 0 Å². The summed E-state index contributed by atoms with van der Waals surface area (Å²) in [7, 11) is 0. The predicted molar refractivity (Wildman–Crippen MR) is 62.5 cm³/mol. The first kappa shape index (κ1) is 11.7. The van der Waals surface area contributed by atoms with Crippen molar-refractivity contribution < 1.29 is 4.79 Å². The van der Waals surface area contributed by atoms with Gasteiger partial charge in [0.15, 0.2) is 0 Å². The molecule has 3 nitrogen and oxygen atoms in total. The van der Waals surface area contributed by atoms with Crippen molar-refractivity contribution in [3.63, 3.8) is 0 Å². The second-order valence-electron chi connectivity index (χ2n) is 4.70. The van der Waals surface area contributed by atoms with Gasteiger partial charge in [0.2, 0.25) is 5.91 Å². The van der Waals surface area contributed by atoms with Gasteiger partial charge in [-0.25, -0.2) is 0 Å². The van der Waals surface area contributed by atoms with E-state index < -0.39 is 6.04 Å². The van der Waals surface area contributed by atoms with Crippen LogP contribution in [-0.4, -0.2) is 11.9 Å². The SMILES string of the molecule is CC(C)(C)[C@@H](N)C(=O)Nc1ccccc1. The first-order chi connectivity index (χ1) is 6.91. The number of nitrogens with one attached hydrogen (secondary N) is 1. The Morgan fingerprint density at radius 3 is 2.27 bits per heavy atom. The van der Waals surface area contributed by atoms with Crippen molar-refractivity contribution >= 4 is 11.6 Å². The second-order valence-corrected chi connectivity index (χ2v) is 4.70. The van der Waals surface area contributed by atoms with Gasteiger partial charge in [-0.05, 0) is 17.5 Å². The summed E-state index contributed by atoms with van der Waals surface area (Å²) in [5.74, 6) is -0.145. The molecule has 82 valence electrons. The van der Waals surface area contributed by atoms with Gasteiger partial charge in [0.1, 0.15) is 0 Å². The number of carbonyl (C=O) groups is 1. The highest BCUT2D eigenvalue weighted by Gasteiger charge is 2.27. The highest BCUT2D eigenvalue weighted by atomic mass is 16.2. The molecule has 1 aromatic carbocycles. The lowest BCUT2D eigenvalue weighted by atomic mass is 9.87. The normalized spacial score (nSPS) is 13.3. The van der Waals surface area contributed by atoms with E-state index in [0.29, 0.717) is 0 Å². The molecule has 15 heavy (non-hydrogen) atoms. The largest absolute Gasteiger partial charge is 0.325 e. The topological polar surface area (TPSA) is 55.1 Å². The van der Waals surface area contributed by atoms with Crippen LogP contribution in [0.1, 0.15) is 20.8 Å². The molecule has 0 saturated carbocycles. The molecule has 1 atom stereocenters. The van der Waals surface area contributed by atoms with Crippen LogP contribution in [0.5, 0.6) is 0 Å². The maximum atomic E-state index is 11.7. The molecule has 0 saturated heterocycles. The van der Waals surface area contributed by atoms with Crippen LogP contribution in [0.2, 0.25) is 0 Å². The fraction of sp³-hybridized carbons (Fsp3) is 0.417. The second kappa shape index (κ2) is 4.45. The van der Waals surface area contributed by atoms with Crippen LogP contribution in [0.15, 0.2) is 30.3 Å². The van der Waals surface area contributed by atoms with Crippen LogP contribution in [0, 0.1) is 5.41 Å². The van der Waals surface area contributed by atoms with Gasteiger partial charge in [0, 0.05) is 5.69 Å². The maximum Gasteiger partial charge on any atom is 0.241 e. The number of anilines is 1. The van der Waals surface area contributed by atoms with E-state index in [0.717, 1.165) is 5.69 Å². The Kier molecular flexibility index (Phi) is 3.48. The lowest BCUT2D eigenvalue weighted by Gasteiger charge is -2.25. The summed E-state index contributed by atoms with van der Waals surface area (Å²) in [5.41, 5.74) is 6.39. The molecule has 0 aromatic heterocycles. The number of nitrogens with two attached hydrogens (primary N) is 1. The molecule has 1 rings (SSSR count). The monoisotopic (exact) mass is 206 g/mol. The van der Waals surface area contributed by atoms with Crippen LogP contribution in [0.4, 0.5) is 5.69 Å². The third kappa shape index (κ3) is 3.36. The van der Waals surface area contributed by atoms with Crippen LogP contribution in [0.3, 0.4) is 0 Å². The Morgan fingerprint density at radius 2 is 1.80 bits per heavy atom. The number of rotatable bonds is 2. The van der Waals surface area contributed by atoms with E-state index >= 15 is 0 Å². The first-order valence-corrected chi connectivity index (χ1v) is 5.03. The molecule has 0 radical (unpaired) electrons. The average Bonchev–Trinajstić information content (AvgIpc) is 2.16. The van der Waals surface area contributed by atoms with Gasteiger partial charge < -0.3 is 11.1 Å². The third-order valence-electron chi connectivity index (χ3n) is 2.26. The van der Waals surface area contributed by atoms with Gasteiger partial charge in [0.05, 0.1) is 6.04 Å². The molecule has 0 aliphatic carbocycles. The Bertz CT molecular complexity index is 327. The van der Waals surface area contributed by atoms with Gasteiger partial charge in [0.25, 0.3) is 0 Å². The average molecular weight is 206 g/mol. The summed E-state index contributed by atoms with van der Waals surface area (Å²) in [6, 6.07) is 8.83. The van der Waals surface area contributed by atoms with Crippen LogP contribution >= 0.6 is 0 Å². The lowest BCUT2D eigenvalue weighted by molar-refractivity contribution is -0.119. The van der Waals surface area contributed by atoms with Crippen molar-refractivity contribution in [1.82, 2.24) is 0 Å². The van der Waals surface area contributed by atoms with E-state index in [1.807, 2.05) is 51.1 Å². The molecule has 0 unspecified atom stereocenters. The zero-order valence-corrected chi connectivity index (χ0v) is 9.45. The number of carbonyl (C=O) groups excluding carboxylic acids is 1. The standard InChI is InChI=1S/C12H18N2O/c1-12(2,3)10(13)11(15)14-9-7-5-4-6-8-9/h4-8,10H,13H2,1-3H3,(H,14,15)/t10-/m0/s1. The molecule has 0 aliphatic heterocycles. The molecular formula is C12H18N2O. The summed E-state index contributed by atoms with van der Waals surface area (Å²) >= 11 is 0. The first-order valence-electron chi connectivity index (χ1n) is 5.03. The Morgan fingerprint density at radius 1 is 1.27 bits per heavy atom. The molecule has 0 heterocycles. The zero-order chi connectivity index (χ0) is 11.5. The number of amides is 1. The number of benzene rings is 1. The minimum atomic E-state index is -0.502. The maximum absolute atomic E-state index is 11.7. The molecule has 0 fully saturated rings. The van der Waals surface area contributed by atoms with Gasteiger partial charge >= 0.3 is 0 Å². The van der Waals surface area contributed by atoms with Crippen molar-refractivity contribution in [3.8, 4) is 0 Å². The van der Waals surface area contributed by atoms with Crippen LogP contribution in [-0.2, 0) is 4.79 Å². The van der Waals surface area contributed by atoms with E-state index in [1.54, 1.807) is 0 Å². The minimum absolute atomic E-state index is 0.145. The fourth-order valence-corrected chi connectivity index (χ4v) is 1.13. The molecule has 0 spiro atoms. The van der Waals surface area contributed by atoms with E-state index in [1.165, 1.54) is 0 Å². The lowest BCUT2D eigenvalue weighted by Crippen LogP contribution is -2.45. The fourth-order valence-electron chi connectivity index (χ4n) is 1.13. The summed E-state index contributed by atoms with van der Waals surface area (Å²) < 4.78 is 0. The van der Waals surface area contributed by atoms with E-state index in [4.69, 9.17) is 5.73 Å². The highest BCUT2D eigenvalue weighted by Crippen LogP contribution is 2.18. The molecule has 1 aromatic rings. The van der Waals surface area contributed by atoms with E-state index in [2.05, 4.69) is 5.32 Å². The molecular weight excluding hydrogens is 188 g/mol. The molecule has 3 heteroatoms. The third-order valence-corrected chi connectivity index (χ3v) is 2.26. The van der Waals surface area contributed by atoms with Gasteiger partial charge in [-0.1, -0.05) is 39.0 Å². The predicted octanol–water partition coefficient (Wildman–Crippen LogP) is 2.00. The Labute approximate surface area is 90.7 Å². The summed E-state index contributed by atoms with van der Waals surface area (Å²) in [5, 5.41) is 2.78. The quantitative estimate of drug-likeness (QED) is 0.777. The summed E-state index contributed by atoms with van der Waals surface area (Å²) in [6.45, 7) is 5.84. The van der Waals surface area contributed by atoms with Gasteiger partial charge in [-0.3, -0.25) is 4.79 Å². The Balaban J connectivity index is 2.65. The Hall–Kier alpha value is -1.35. The van der Waals surface area contributed by atoms with Crippen molar-refractivity contribution in [2.45, 2.75) is 26.8 Å². The number of hydrogen-bond donors (Lipinski definition) is 2. The summed E-state index contributed by atoms with van der Waals surface area (Å²) in [6.07, 6.45) is 0. The van der Waals surface area contributed by atoms with Crippen molar-refractivity contribution in [2.75, 3.05) is 5.32 Å². The van der Waals surface area contributed by atoms with Crippen molar-refractivity contribution in [1.29, 1.82) is 0 Å². The van der Waals surface area contributed by atoms with Gasteiger partial charge in [-0.15, -0.1) is 0 Å². The minimum Gasteiger partial charge on any atom is -0.325 e. The smallest absolute Gasteiger partial charge is 0.241 e. The van der Waals surface area contributed by atoms with Crippen molar-refractivity contribution in [3.05, 3.63) is 30.3 Å². The summed E-state index contributed by atoms with van der Waals surface area (Å²) in [4.78, 5) is 11.7. The molecule has 0 aliphatic rings. The molecule has 3 N–H and O–H groups in total. The molecule has 0 bridgehead atoms. The van der Waals surface area contributed by atoms with Crippen LogP contribution in [0.25, 0.3) is 0 Å². The van der Waals surface area contributed by atoms with Crippen LogP contribution < -0.4 is 11.1 Å². The van der Waals surface area contributed by atoms with Crippen molar-refractivity contribution in [2.24, 2.45) is 11.1 Å². The number of para-hydroxylation sites is 1. The highest BCUT2D eigenvalue weighted by molar-refractivity contribution is 5.95. The number of hydrogen-bond acceptors (Lipinski definition) is 2. The zero-order valence-electron chi connectivity index (χ0n) is 9.45. The van der Waals surface area contributed by atoms with E-state index in [9.17, 15) is 4.79 Å².